The van der Waals surface area contributed by atoms with Gasteiger partial charge in [-0.3, -0.25) is 0 Å². The Kier molecular flexibility index (Phi) is 4.29. The second-order valence-electron chi connectivity index (χ2n) is 6.63. The van der Waals surface area contributed by atoms with Gasteiger partial charge in [0.15, 0.2) is 0 Å². The fraction of sp³-hybridized carbons (Fsp3) is 1.00. The lowest BCUT2D eigenvalue weighted by atomic mass is 9.70. The SMILES string of the molecule is CC1CCC(C(N)C2CCCC(C)C2)CC1. The van der Waals surface area contributed by atoms with Gasteiger partial charge in [-0.15, -0.1) is 0 Å². The Morgan fingerprint density at radius 3 is 2.12 bits per heavy atom. The van der Waals surface area contributed by atoms with Gasteiger partial charge < -0.3 is 5.73 Å². The average Bonchev–Trinajstić information content (AvgIpc) is 2.29. The van der Waals surface area contributed by atoms with Crippen LogP contribution >= 0.6 is 0 Å². The van der Waals surface area contributed by atoms with E-state index in [9.17, 15) is 0 Å². The molecule has 2 fully saturated rings. The van der Waals surface area contributed by atoms with E-state index in [-0.39, 0.29) is 0 Å². The van der Waals surface area contributed by atoms with Gasteiger partial charge in [-0.05, 0) is 49.4 Å². The molecule has 0 aliphatic heterocycles. The molecule has 2 aliphatic carbocycles. The van der Waals surface area contributed by atoms with Crippen LogP contribution in [0, 0.1) is 23.7 Å². The van der Waals surface area contributed by atoms with Crippen LogP contribution in [-0.4, -0.2) is 6.04 Å². The van der Waals surface area contributed by atoms with Crippen molar-refractivity contribution >= 4 is 0 Å². The molecule has 94 valence electrons. The second-order valence-corrected chi connectivity index (χ2v) is 6.63. The number of hydrogen-bond acceptors (Lipinski definition) is 1. The van der Waals surface area contributed by atoms with Crippen LogP contribution in [0.3, 0.4) is 0 Å². The first-order chi connectivity index (χ1) is 7.66. The Morgan fingerprint density at radius 2 is 1.50 bits per heavy atom. The largest absolute Gasteiger partial charge is 0.327 e. The molecule has 0 radical (unpaired) electrons. The van der Waals surface area contributed by atoms with Crippen molar-refractivity contribution in [2.75, 3.05) is 0 Å². The molecule has 1 nitrogen and oxygen atoms in total. The molecule has 2 rings (SSSR count). The maximum atomic E-state index is 6.53. The Hall–Kier alpha value is -0.0400. The molecule has 16 heavy (non-hydrogen) atoms. The van der Waals surface area contributed by atoms with Gasteiger partial charge in [0.2, 0.25) is 0 Å². The maximum absolute atomic E-state index is 6.53. The Labute approximate surface area is 101 Å². The quantitative estimate of drug-likeness (QED) is 0.753. The first-order valence-electron chi connectivity index (χ1n) is 7.42. The van der Waals surface area contributed by atoms with Crippen molar-refractivity contribution in [3.63, 3.8) is 0 Å². The molecule has 3 atom stereocenters. The van der Waals surface area contributed by atoms with E-state index in [1.165, 1.54) is 51.4 Å². The van der Waals surface area contributed by atoms with Crippen molar-refractivity contribution in [1.29, 1.82) is 0 Å². The Bertz CT molecular complexity index is 205. The van der Waals surface area contributed by atoms with Gasteiger partial charge >= 0.3 is 0 Å². The van der Waals surface area contributed by atoms with E-state index in [1.807, 2.05) is 0 Å². The highest BCUT2D eigenvalue weighted by Crippen LogP contribution is 2.37. The van der Waals surface area contributed by atoms with Gasteiger partial charge in [0, 0.05) is 6.04 Å². The molecule has 0 bridgehead atoms. The van der Waals surface area contributed by atoms with Gasteiger partial charge in [0.1, 0.15) is 0 Å². The van der Waals surface area contributed by atoms with Crippen molar-refractivity contribution in [3.8, 4) is 0 Å². The summed E-state index contributed by atoms with van der Waals surface area (Å²) < 4.78 is 0. The zero-order valence-electron chi connectivity index (χ0n) is 11.1. The van der Waals surface area contributed by atoms with Crippen molar-refractivity contribution in [3.05, 3.63) is 0 Å². The molecule has 0 amide bonds. The van der Waals surface area contributed by atoms with Crippen LogP contribution in [0.25, 0.3) is 0 Å². The Morgan fingerprint density at radius 1 is 0.812 bits per heavy atom. The van der Waals surface area contributed by atoms with Crippen LogP contribution in [0.2, 0.25) is 0 Å². The lowest BCUT2D eigenvalue weighted by Crippen LogP contribution is -2.41. The van der Waals surface area contributed by atoms with Crippen LogP contribution in [0.1, 0.15) is 65.2 Å². The number of nitrogens with two attached hydrogens (primary N) is 1. The van der Waals surface area contributed by atoms with E-state index in [0.717, 1.165) is 23.7 Å². The Balaban J connectivity index is 1.84. The van der Waals surface area contributed by atoms with Crippen molar-refractivity contribution in [1.82, 2.24) is 0 Å². The van der Waals surface area contributed by atoms with Gasteiger partial charge in [0.25, 0.3) is 0 Å². The van der Waals surface area contributed by atoms with Gasteiger partial charge in [-0.2, -0.15) is 0 Å². The topological polar surface area (TPSA) is 26.0 Å². The third-order valence-corrected chi connectivity index (χ3v) is 5.13. The van der Waals surface area contributed by atoms with E-state index in [2.05, 4.69) is 13.8 Å². The van der Waals surface area contributed by atoms with Crippen molar-refractivity contribution < 1.29 is 0 Å². The summed E-state index contributed by atoms with van der Waals surface area (Å²) in [6, 6.07) is 0.509. The highest BCUT2D eigenvalue weighted by molar-refractivity contribution is 4.86. The number of rotatable bonds is 2. The van der Waals surface area contributed by atoms with Crippen LogP contribution in [0.5, 0.6) is 0 Å². The molecule has 0 heterocycles. The first-order valence-corrected chi connectivity index (χ1v) is 7.42. The van der Waals surface area contributed by atoms with Gasteiger partial charge in [-0.1, -0.05) is 39.5 Å². The van der Waals surface area contributed by atoms with Crippen molar-refractivity contribution in [2.24, 2.45) is 29.4 Å². The summed E-state index contributed by atoms with van der Waals surface area (Å²) in [7, 11) is 0. The van der Waals surface area contributed by atoms with Crippen LogP contribution in [0.4, 0.5) is 0 Å². The summed E-state index contributed by atoms with van der Waals surface area (Å²) in [5.41, 5.74) is 6.53. The minimum absolute atomic E-state index is 0.509. The third kappa shape index (κ3) is 3.00. The number of hydrogen-bond donors (Lipinski definition) is 1. The molecule has 1 heteroatoms. The highest BCUT2D eigenvalue weighted by atomic mass is 14.7. The molecular weight excluding hydrogens is 194 g/mol. The van der Waals surface area contributed by atoms with Crippen molar-refractivity contribution in [2.45, 2.75) is 71.3 Å². The minimum atomic E-state index is 0.509. The molecule has 0 aromatic heterocycles. The van der Waals surface area contributed by atoms with Gasteiger partial charge in [-0.25, -0.2) is 0 Å². The fourth-order valence-electron chi connectivity index (χ4n) is 3.89. The molecule has 0 saturated heterocycles. The zero-order chi connectivity index (χ0) is 11.5. The summed E-state index contributed by atoms with van der Waals surface area (Å²) in [6.45, 7) is 4.80. The first kappa shape index (κ1) is 12.4. The summed E-state index contributed by atoms with van der Waals surface area (Å²) in [6.07, 6.45) is 11.3. The minimum Gasteiger partial charge on any atom is -0.327 e. The molecule has 0 spiro atoms. The van der Waals surface area contributed by atoms with E-state index >= 15 is 0 Å². The second kappa shape index (κ2) is 5.53. The summed E-state index contributed by atoms with van der Waals surface area (Å²) >= 11 is 0. The van der Waals surface area contributed by atoms with E-state index in [1.54, 1.807) is 0 Å². The normalized spacial score (nSPS) is 42.9. The van der Waals surface area contributed by atoms with Crippen LogP contribution < -0.4 is 5.73 Å². The average molecular weight is 223 g/mol. The molecule has 3 unspecified atom stereocenters. The molecular formula is C15H29N. The predicted molar refractivity (Wildman–Crippen MR) is 70.2 cm³/mol. The molecule has 2 aliphatic rings. The van der Waals surface area contributed by atoms with Gasteiger partial charge in [0.05, 0.1) is 0 Å². The van der Waals surface area contributed by atoms with E-state index in [4.69, 9.17) is 5.73 Å². The van der Waals surface area contributed by atoms with E-state index in [0.29, 0.717) is 6.04 Å². The van der Waals surface area contributed by atoms with Crippen LogP contribution in [0.15, 0.2) is 0 Å². The highest BCUT2D eigenvalue weighted by Gasteiger charge is 2.31. The fourth-order valence-corrected chi connectivity index (χ4v) is 3.89. The smallest absolute Gasteiger partial charge is 0.00957 e. The molecule has 2 N–H and O–H groups in total. The molecule has 0 aromatic rings. The zero-order valence-corrected chi connectivity index (χ0v) is 11.1. The summed E-state index contributed by atoms with van der Waals surface area (Å²) in [5, 5.41) is 0. The standard InChI is InChI=1S/C15H29N/c1-11-6-8-13(9-7-11)15(16)14-5-3-4-12(2)10-14/h11-15H,3-10,16H2,1-2H3. The maximum Gasteiger partial charge on any atom is 0.00957 e. The summed E-state index contributed by atoms with van der Waals surface area (Å²) in [5.74, 6) is 3.55. The lowest BCUT2D eigenvalue weighted by Gasteiger charge is -2.38. The van der Waals surface area contributed by atoms with Crippen LogP contribution in [-0.2, 0) is 0 Å². The van der Waals surface area contributed by atoms with E-state index < -0.39 is 0 Å². The third-order valence-electron chi connectivity index (χ3n) is 5.13. The monoisotopic (exact) mass is 223 g/mol. The molecule has 0 aromatic carbocycles. The lowest BCUT2D eigenvalue weighted by molar-refractivity contribution is 0.165. The predicted octanol–water partition coefficient (Wildman–Crippen LogP) is 3.97. The molecule has 2 saturated carbocycles. The summed E-state index contributed by atoms with van der Waals surface area (Å²) in [4.78, 5) is 0.